The number of esters is 2. The quantitative estimate of drug-likeness (QED) is 0.0176. The number of unbranched alkanes of at least 4 members (excludes halogenated alkanes) is 7. The molecule has 0 aliphatic carbocycles. The number of ether oxygens (including phenoxy) is 2. The van der Waals surface area contributed by atoms with Gasteiger partial charge in [0, 0.05) is 12.8 Å². The van der Waals surface area contributed by atoms with Gasteiger partial charge in [-0.1, -0.05) is 106 Å². The lowest BCUT2D eigenvalue weighted by atomic mass is 10.1. The Morgan fingerprint density at radius 2 is 1.20 bits per heavy atom. The molecule has 0 bridgehead atoms. The Kier molecular flexibility index (Phi) is 29.8. The molecule has 2 atom stereocenters. The molecule has 0 amide bonds. The second kappa shape index (κ2) is 31.4. The molecule has 0 aromatic carbocycles. The molecule has 280 valence electrons. The van der Waals surface area contributed by atoms with Gasteiger partial charge in [-0.15, -0.1) is 0 Å². The Morgan fingerprint density at radius 3 is 1.90 bits per heavy atom. The Labute approximate surface area is 298 Å². The van der Waals surface area contributed by atoms with E-state index >= 15 is 0 Å². The Hall–Kier alpha value is -2.55. The molecule has 10 heteroatoms. The lowest BCUT2D eigenvalue weighted by molar-refractivity contribution is -0.870. The van der Waals surface area contributed by atoms with Crippen LogP contribution >= 0.6 is 7.82 Å². The lowest BCUT2D eigenvalue weighted by Crippen LogP contribution is -2.37. The summed E-state index contributed by atoms with van der Waals surface area (Å²) in [5.41, 5.74) is 0. The van der Waals surface area contributed by atoms with Gasteiger partial charge in [0.15, 0.2) is 6.10 Å². The van der Waals surface area contributed by atoms with Gasteiger partial charge in [0.25, 0.3) is 7.82 Å². The van der Waals surface area contributed by atoms with Crippen LogP contribution in [0.2, 0.25) is 0 Å². The van der Waals surface area contributed by atoms with Crippen LogP contribution in [-0.4, -0.2) is 70.0 Å². The van der Waals surface area contributed by atoms with Gasteiger partial charge in [0.05, 0.1) is 27.7 Å². The molecule has 0 spiro atoms. The van der Waals surface area contributed by atoms with Gasteiger partial charge >= 0.3 is 11.9 Å². The van der Waals surface area contributed by atoms with Crippen molar-refractivity contribution in [3.63, 3.8) is 0 Å². The number of carbonyl (C=O) groups excluding carboxylic acids is 2. The van der Waals surface area contributed by atoms with Crippen molar-refractivity contribution in [3.8, 4) is 0 Å². The average molecular weight is 708 g/mol. The molecule has 0 saturated heterocycles. The number of allylic oxidation sites excluding steroid dienone is 12. The highest BCUT2D eigenvalue weighted by atomic mass is 31.2. The molecular weight excluding hydrogens is 641 g/mol. The van der Waals surface area contributed by atoms with Gasteiger partial charge in [0.1, 0.15) is 19.8 Å². The summed E-state index contributed by atoms with van der Waals surface area (Å²) >= 11 is 0. The lowest BCUT2D eigenvalue weighted by Gasteiger charge is -2.28. The van der Waals surface area contributed by atoms with Crippen molar-refractivity contribution in [2.75, 3.05) is 47.5 Å². The van der Waals surface area contributed by atoms with Crippen LogP contribution in [-0.2, 0) is 32.7 Å². The van der Waals surface area contributed by atoms with E-state index in [9.17, 15) is 19.0 Å². The van der Waals surface area contributed by atoms with Crippen LogP contribution in [0.25, 0.3) is 0 Å². The highest BCUT2D eigenvalue weighted by Crippen LogP contribution is 2.38. The second-order valence-corrected chi connectivity index (χ2v) is 14.3. The summed E-state index contributed by atoms with van der Waals surface area (Å²) in [5, 5.41) is 0. The molecule has 49 heavy (non-hydrogen) atoms. The van der Waals surface area contributed by atoms with Crippen LogP contribution in [0.3, 0.4) is 0 Å². The third-order valence-corrected chi connectivity index (χ3v) is 8.00. The van der Waals surface area contributed by atoms with E-state index in [1.165, 1.54) is 0 Å². The Bertz CT molecular complexity index is 1070. The van der Waals surface area contributed by atoms with E-state index in [2.05, 4.69) is 68.5 Å². The summed E-state index contributed by atoms with van der Waals surface area (Å²) in [6, 6.07) is 0. The molecule has 0 aliphatic rings. The fraction of sp³-hybridized carbons (Fsp3) is 0.641. The third-order valence-electron chi connectivity index (χ3n) is 7.03. The average Bonchev–Trinajstić information content (AvgIpc) is 3.04. The van der Waals surface area contributed by atoms with Crippen molar-refractivity contribution >= 4 is 19.8 Å². The van der Waals surface area contributed by atoms with Crippen molar-refractivity contribution in [2.24, 2.45) is 0 Å². The zero-order chi connectivity index (χ0) is 36.5. The van der Waals surface area contributed by atoms with Crippen LogP contribution in [0, 0.1) is 0 Å². The van der Waals surface area contributed by atoms with Gasteiger partial charge in [-0.05, 0) is 64.2 Å². The van der Waals surface area contributed by atoms with E-state index < -0.39 is 32.5 Å². The number of nitrogens with zero attached hydrogens (tertiary/aromatic N) is 1. The summed E-state index contributed by atoms with van der Waals surface area (Å²) in [7, 11) is 1.11. The normalized spacial score (nSPS) is 14.7. The van der Waals surface area contributed by atoms with E-state index in [4.69, 9.17) is 18.5 Å². The number of rotatable bonds is 31. The summed E-state index contributed by atoms with van der Waals surface area (Å²) in [6.07, 6.45) is 36.6. The van der Waals surface area contributed by atoms with Crippen LogP contribution in [0.1, 0.15) is 110 Å². The first kappa shape index (κ1) is 46.5. The van der Waals surface area contributed by atoms with E-state index in [0.717, 1.165) is 70.6 Å². The van der Waals surface area contributed by atoms with E-state index in [-0.39, 0.29) is 26.1 Å². The third kappa shape index (κ3) is 35.1. The SMILES string of the molecule is CC/C=C/C=C/C=C/CCCCCCCC(=O)OC(COC(=O)CCCC/C=C/C/C=C/C/C=C/CC)COP(=O)([O-])OCC[N+](C)(C)C. The first-order chi connectivity index (χ1) is 23.5. The molecular formula is C39H66NO8P. The topological polar surface area (TPSA) is 111 Å². The molecule has 0 fully saturated rings. The molecule has 2 unspecified atom stereocenters. The molecule has 0 aliphatic heterocycles. The predicted octanol–water partition coefficient (Wildman–Crippen LogP) is 8.88. The largest absolute Gasteiger partial charge is 0.756 e. The zero-order valence-corrected chi connectivity index (χ0v) is 32.0. The van der Waals surface area contributed by atoms with Gasteiger partial charge < -0.3 is 27.9 Å². The Morgan fingerprint density at radius 1 is 0.653 bits per heavy atom. The summed E-state index contributed by atoms with van der Waals surface area (Å²) in [6.45, 7) is 3.85. The first-order valence-corrected chi connectivity index (χ1v) is 19.6. The van der Waals surface area contributed by atoms with Gasteiger partial charge in [-0.3, -0.25) is 14.2 Å². The van der Waals surface area contributed by atoms with Crippen molar-refractivity contribution in [1.29, 1.82) is 0 Å². The Balaban J connectivity index is 4.58. The van der Waals surface area contributed by atoms with Crippen molar-refractivity contribution < 1.29 is 42.1 Å². The van der Waals surface area contributed by atoms with Gasteiger partial charge in [0.2, 0.25) is 0 Å². The van der Waals surface area contributed by atoms with Crippen LogP contribution in [0.4, 0.5) is 0 Å². The standard InChI is InChI=1S/C39H66NO8P/c1-6-8-10-12-14-16-18-20-22-24-26-28-30-32-39(42)48-37(36-47-49(43,44)46-34-33-40(3,4)5)35-45-38(41)31-29-27-25-23-21-19-17-15-13-11-9-7-2/h8-12,14-18,21,23,37H,6-7,13,19-20,22,24-36H2,1-5H3/b10-8+,11-9+,14-12+,17-15+,18-16+,23-21+. The summed E-state index contributed by atoms with van der Waals surface area (Å²) < 4.78 is 33.6. The maximum atomic E-state index is 12.6. The minimum Gasteiger partial charge on any atom is -0.756 e. The predicted molar refractivity (Wildman–Crippen MR) is 199 cm³/mol. The minimum absolute atomic E-state index is 0.0454. The van der Waals surface area contributed by atoms with Crippen molar-refractivity contribution in [2.45, 2.75) is 116 Å². The molecule has 9 nitrogen and oxygen atoms in total. The van der Waals surface area contributed by atoms with E-state index in [1.54, 1.807) is 0 Å². The van der Waals surface area contributed by atoms with E-state index in [1.807, 2.05) is 39.4 Å². The van der Waals surface area contributed by atoms with Crippen LogP contribution in [0.5, 0.6) is 0 Å². The molecule has 0 aromatic rings. The van der Waals surface area contributed by atoms with Crippen LogP contribution in [0.15, 0.2) is 72.9 Å². The smallest absolute Gasteiger partial charge is 0.306 e. The summed E-state index contributed by atoms with van der Waals surface area (Å²) in [4.78, 5) is 37.2. The monoisotopic (exact) mass is 707 g/mol. The first-order valence-electron chi connectivity index (χ1n) is 18.2. The number of carbonyl (C=O) groups is 2. The molecule has 0 N–H and O–H groups in total. The van der Waals surface area contributed by atoms with Crippen LogP contribution < -0.4 is 4.89 Å². The molecule has 0 aromatic heterocycles. The molecule has 0 radical (unpaired) electrons. The van der Waals surface area contributed by atoms with Gasteiger partial charge in [-0.2, -0.15) is 0 Å². The number of quaternary nitrogens is 1. The molecule has 0 rings (SSSR count). The summed E-state index contributed by atoms with van der Waals surface area (Å²) in [5.74, 6) is -0.918. The fourth-order valence-electron chi connectivity index (χ4n) is 4.19. The maximum absolute atomic E-state index is 12.6. The highest BCUT2D eigenvalue weighted by Gasteiger charge is 2.21. The fourth-order valence-corrected chi connectivity index (χ4v) is 4.92. The number of phosphoric acid groups is 1. The number of hydrogen-bond acceptors (Lipinski definition) is 8. The number of phosphoric ester groups is 1. The minimum atomic E-state index is -4.63. The zero-order valence-electron chi connectivity index (χ0n) is 31.1. The number of likely N-dealkylation sites (N-methyl/N-ethyl adjacent to an activating group) is 1. The number of hydrogen-bond donors (Lipinski definition) is 0. The van der Waals surface area contributed by atoms with E-state index in [0.29, 0.717) is 23.9 Å². The molecule has 0 heterocycles. The van der Waals surface area contributed by atoms with Crippen molar-refractivity contribution in [3.05, 3.63) is 72.9 Å². The highest BCUT2D eigenvalue weighted by molar-refractivity contribution is 7.45. The maximum Gasteiger partial charge on any atom is 0.306 e. The van der Waals surface area contributed by atoms with Gasteiger partial charge in [-0.25, -0.2) is 0 Å². The molecule has 0 saturated carbocycles. The van der Waals surface area contributed by atoms with Crippen molar-refractivity contribution in [1.82, 2.24) is 0 Å². The second-order valence-electron chi connectivity index (χ2n) is 12.9.